The Labute approximate surface area is 134 Å². The summed E-state index contributed by atoms with van der Waals surface area (Å²) in [6.45, 7) is 0. The molecule has 0 fully saturated rings. The van der Waals surface area contributed by atoms with E-state index < -0.39 is 0 Å². The van der Waals surface area contributed by atoms with Crippen LogP contribution in [0.4, 0.5) is 5.69 Å². The van der Waals surface area contributed by atoms with Crippen LogP contribution in [0.2, 0.25) is 0 Å². The van der Waals surface area contributed by atoms with E-state index >= 15 is 0 Å². The van der Waals surface area contributed by atoms with Gasteiger partial charge in [-0.2, -0.15) is 0 Å². The fourth-order valence-corrected chi connectivity index (χ4v) is 3.81. The number of nitrogens with two attached hydrogens (primary N) is 1. The monoisotopic (exact) mass is 361 g/mol. The molecular formula is C16H12BrNO2S. The van der Waals surface area contributed by atoms with Crippen molar-refractivity contribution in [1.29, 1.82) is 0 Å². The highest BCUT2D eigenvalue weighted by Gasteiger charge is 2.16. The minimum Gasteiger partial charge on any atom is -0.495 e. The molecule has 106 valence electrons. The molecule has 3 nitrogen and oxygen atoms in total. The highest BCUT2D eigenvalue weighted by molar-refractivity contribution is 9.10. The van der Waals surface area contributed by atoms with E-state index in [4.69, 9.17) is 10.5 Å². The standard InChI is InChI=1S/C16H12BrNO2S/c1-20-14-7-9(5-6-13(14)18)15(19)11-8-21-16-10(11)3-2-4-12(16)17/h2-8H,18H2,1H3. The van der Waals surface area contributed by atoms with Crippen LogP contribution in [-0.2, 0) is 0 Å². The summed E-state index contributed by atoms with van der Waals surface area (Å²) in [6, 6.07) is 11.0. The molecule has 0 spiro atoms. The summed E-state index contributed by atoms with van der Waals surface area (Å²) >= 11 is 5.06. The molecule has 0 unspecified atom stereocenters. The molecule has 0 saturated heterocycles. The Morgan fingerprint density at radius 3 is 2.86 bits per heavy atom. The van der Waals surface area contributed by atoms with E-state index in [0.29, 0.717) is 22.6 Å². The van der Waals surface area contributed by atoms with Gasteiger partial charge in [0.05, 0.1) is 12.8 Å². The Morgan fingerprint density at radius 2 is 2.10 bits per heavy atom. The molecule has 0 aliphatic heterocycles. The van der Waals surface area contributed by atoms with Crippen molar-refractivity contribution in [2.75, 3.05) is 12.8 Å². The van der Waals surface area contributed by atoms with Crippen molar-refractivity contribution in [1.82, 2.24) is 0 Å². The van der Waals surface area contributed by atoms with E-state index in [-0.39, 0.29) is 5.78 Å². The number of halogens is 1. The SMILES string of the molecule is COc1cc(C(=O)c2csc3c(Br)cccc23)ccc1N. The van der Waals surface area contributed by atoms with Crippen LogP contribution in [0.3, 0.4) is 0 Å². The molecule has 1 heterocycles. The topological polar surface area (TPSA) is 52.3 Å². The fourth-order valence-electron chi connectivity index (χ4n) is 2.21. The summed E-state index contributed by atoms with van der Waals surface area (Å²) in [6.07, 6.45) is 0. The molecule has 0 saturated carbocycles. The first-order valence-corrected chi connectivity index (χ1v) is 7.93. The molecule has 0 amide bonds. The lowest BCUT2D eigenvalue weighted by Crippen LogP contribution is -2.02. The van der Waals surface area contributed by atoms with Gasteiger partial charge in [-0.3, -0.25) is 4.79 Å². The number of anilines is 1. The normalized spacial score (nSPS) is 10.8. The van der Waals surface area contributed by atoms with Crippen LogP contribution in [0.5, 0.6) is 5.75 Å². The quantitative estimate of drug-likeness (QED) is 0.552. The Balaban J connectivity index is 2.11. The number of thiophene rings is 1. The van der Waals surface area contributed by atoms with Crippen LogP contribution in [0.25, 0.3) is 10.1 Å². The smallest absolute Gasteiger partial charge is 0.194 e. The predicted octanol–water partition coefficient (Wildman–Crippen LogP) is 4.49. The average Bonchev–Trinajstić information content (AvgIpc) is 2.92. The van der Waals surface area contributed by atoms with Crippen molar-refractivity contribution in [3.63, 3.8) is 0 Å². The molecule has 21 heavy (non-hydrogen) atoms. The number of fused-ring (bicyclic) bond motifs is 1. The molecule has 0 bridgehead atoms. The second-order valence-corrected chi connectivity index (χ2v) is 6.29. The largest absolute Gasteiger partial charge is 0.495 e. The number of nitrogen functional groups attached to an aromatic ring is 1. The Morgan fingerprint density at radius 1 is 1.29 bits per heavy atom. The number of carbonyl (C=O) groups is 1. The predicted molar refractivity (Wildman–Crippen MR) is 90.4 cm³/mol. The summed E-state index contributed by atoms with van der Waals surface area (Å²) in [7, 11) is 1.54. The van der Waals surface area contributed by atoms with Crippen molar-refractivity contribution in [2.24, 2.45) is 0 Å². The number of hydrogen-bond donors (Lipinski definition) is 1. The number of carbonyl (C=O) groups excluding carboxylic acids is 1. The van der Waals surface area contributed by atoms with Gasteiger partial charge >= 0.3 is 0 Å². The maximum absolute atomic E-state index is 12.7. The van der Waals surface area contributed by atoms with Crippen molar-refractivity contribution >= 4 is 48.8 Å². The van der Waals surface area contributed by atoms with Crippen LogP contribution in [0.15, 0.2) is 46.3 Å². The van der Waals surface area contributed by atoms with Gasteiger partial charge in [0.25, 0.3) is 0 Å². The average molecular weight is 362 g/mol. The van der Waals surface area contributed by atoms with E-state index in [0.717, 1.165) is 14.6 Å². The molecule has 0 atom stereocenters. The molecule has 3 rings (SSSR count). The van der Waals surface area contributed by atoms with Gasteiger partial charge in [0.1, 0.15) is 5.75 Å². The molecule has 2 N–H and O–H groups in total. The Hall–Kier alpha value is -1.85. The minimum atomic E-state index is -0.0300. The van der Waals surface area contributed by atoms with Crippen LogP contribution in [0.1, 0.15) is 15.9 Å². The number of ether oxygens (including phenoxy) is 1. The third kappa shape index (κ3) is 2.43. The van der Waals surface area contributed by atoms with E-state index in [1.165, 1.54) is 7.11 Å². The fraction of sp³-hybridized carbons (Fsp3) is 0.0625. The highest BCUT2D eigenvalue weighted by atomic mass is 79.9. The molecule has 2 aromatic carbocycles. The Kier molecular flexibility index (Phi) is 3.69. The van der Waals surface area contributed by atoms with Crippen molar-refractivity contribution in [2.45, 2.75) is 0 Å². The van der Waals surface area contributed by atoms with Crippen molar-refractivity contribution in [3.05, 3.63) is 57.4 Å². The summed E-state index contributed by atoms with van der Waals surface area (Å²) in [4.78, 5) is 12.7. The van der Waals surface area contributed by atoms with Crippen LogP contribution in [0, 0.1) is 0 Å². The van der Waals surface area contributed by atoms with Crippen LogP contribution < -0.4 is 10.5 Å². The third-order valence-corrected chi connectivity index (χ3v) is 5.24. The second-order valence-electron chi connectivity index (χ2n) is 4.55. The lowest BCUT2D eigenvalue weighted by atomic mass is 10.0. The first kappa shape index (κ1) is 14.1. The third-order valence-electron chi connectivity index (χ3n) is 3.29. The summed E-state index contributed by atoms with van der Waals surface area (Å²) in [5.74, 6) is 0.485. The molecule has 0 aliphatic carbocycles. The molecule has 0 aliphatic rings. The van der Waals surface area contributed by atoms with Gasteiger partial charge in [0.15, 0.2) is 5.78 Å². The zero-order valence-electron chi connectivity index (χ0n) is 11.2. The summed E-state index contributed by atoms with van der Waals surface area (Å²) < 4.78 is 7.25. The number of ketones is 1. The molecule has 1 aromatic heterocycles. The molecule has 0 radical (unpaired) electrons. The molecular weight excluding hydrogens is 350 g/mol. The zero-order chi connectivity index (χ0) is 15.0. The number of rotatable bonds is 3. The second kappa shape index (κ2) is 5.50. The first-order chi connectivity index (χ1) is 10.1. The van der Waals surface area contributed by atoms with Gasteiger partial charge in [-0.1, -0.05) is 12.1 Å². The lowest BCUT2D eigenvalue weighted by molar-refractivity contribution is 0.104. The maximum Gasteiger partial charge on any atom is 0.194 e. The van der Waals surface area contributed by atoms with E-state index in [1.807, 2.05) is 23.6 Å². The number of hydrogen-bond acceptors (Lipinski definition) is 4. The van der Waals surface area contributed by atoms with Gasteiger partial charge in [-0.05, 0) is 40.2 Å². The molecule has 5 heteroatoms. The van der Waals surface area contributed by atoms with Gasteiger partial charge in [0, 0.05) is 31.1 Å². The summed E-state index contributed by atoms with van der Waals surface area (Å²) in [5.41, 5.74) is 7.58. The molecule has 3 aromatic rings. The minimum absolute atomic E-state index is 0.0300. The van der Waals surface area contributed by atoms with E-state index in [9.17, 15) is 4.79 Å². The van der Waals surface area contributed by atoms with Gasteiger partial charge in [-0.25, -0.2) is 0 Å². The summed E-state index contributed by atoms with van der Waals surface area (Å²) in [5, 5.41) is 2.84. The van der Waals surface area contributed by atoms with E-state index in [1.54, 1.807) is 29.5 Å². The van der Waals surface area contributed by atoms with Crippen molar-refractivity contribution < 1.29 is 9.53 Å². The van der Waals surface area contributed by atoms with Gasteiger partial charge in [0.2, 0.25) is 0 Å². The number of methoxy groups -OCH3 is 1. The van der Waals surface area contributed by atoms with E-state index in [2.05, 4.69) is 15.9 Å². The van der Waals surface area contributed by atoms with Crippen molar-refractivity contribution in [3.8, 4) is 5.75 Å². The zero-order valence-corrected chi connectivity index (χ0v) is 13.6. The Bertz CT molecular complexity index is 841. The first-order valence-electron chi connectivity index (χ1n) is 6.25. The number of benzene rings is 2. The van der Waals surface area contributed by atoms with Gasteiger partial charge in [-0.15, -0.1) is 11.3 Å². The van der Waals surface area contributed by atoms with Crippen LogP contribution >= 0.6 is 27.3 Å². The van der Waals surface area contributed by atoms with Gasteiger partial charge < -0.3 is 10.5 Å². The highest BCUT2D eigenvalue weighted by Crippen LogP contribution is 2.34. The lowest BCUT2D eigenvalue weighted by Gasteiger charge is -2.06. The maximum atomic E-state index is 12.7. The van der Waals surface area contributed by atoms with Crippen LogP contribution in [-0.4, -0.2) is 12.9 Å².